The fourth-order valence-electron chi connectivity index (χ4n) is 4.86. The molecule has 5 rings (SSSR count). The molecule has 10 heteroatoms. The zero-order valence-corrected chi connectivity index (χ0v) is 19.3. The minimum absolute atomic E-state index is 0.186. The van der Waals surface area contributed by atoms with Crippen LogP contribution in [0.15, 0.2) is 29.3 Å². The highest BCUT2D eigenvalue weighted by molar-refractivity contribution is 6.24. The number of fused-ring (bicyclic) bond motifs is 2. The Morgan fingerprint density at radius 2 is 1.88 bits per heavy atom. The molecule has 10 nitrogen and oxygen atoms in total. The van der Waals surface area contributed by atoms with Crippen molar-refractivity contribution in [2.75, 3.05) is 71.0 Å². The fraction of sp³-hybridized carbons (Fsp3) is 0.565. The molecule has 1 aromatic carbocycles. The average molecular weight is 456 g/mol. The van der Waals surface area contributed by atoms with Gasteiger partial charge in [-0.05, 0) is 31.2 Å². The number of carbonyl (C=O) groups is 2. The Morgan fingerprint density at radius 3 is 2.61 bits per heavy atom. The lowest BCUT2D eigenvalue weighted by Gasteiger charge is -2.36. The van der Waals surface area contributed by atoms with Crippen LogP contribution in [0.4, 0.5) is 10.5 Å². The molecule has 0 aliphatic carbocycles. The van der Waals surface area contributed by atoms with Crippen molar-refractivity contribution in [1.29, 1.82) is 0 Å². The Kier molecular flexibility index (Phi) is 6.03. The minimum Gasteiger partial charge on any atom is -0.494 e. The van der Waals surface area contributed by atoms with E-state index in [2.05, 4.69) is 9.80 Å². The lowest BCUT2D eigenvalue weighted by molar-refractivity contribution is -0.539. The van der Waals surface area contributed by atoms with E-state index in [9.17, 15) is 9.59 Å². The molecular formula is C23H31N6O4+. The van der Waals surface area contributed by atoms with Gasteiger partial charge in [-0.1, -0.05) is 4.99 Å². The average Bonchev–Trinajstić information content (AvgIpc) is 3.24. The molecule has 1 atom stereocenters. The molecule has 0 spiro atoms. The third-order valence-electron chi connectivity index (χ3n) is 6.61. The number of carbonyl (C=O) groups excluding carboxylic acids is 2. The van der Waals surface area contributed by atoms with E-state index in [1.807, 2.05) is 35.8 Å². The molecule has 0 aromatic heterocycles. The highest BCUT2D eigenvalue weighted by Crippen LogP contribution is 2.27. The fourth-order valence-corrected chi connectivity index (χ4v) is 4.86. The number of morpholine rings is 1. The first-order chi connectivity index (χ1) is 16.1. The smallest absolute Gasteiger partial charge is 0.397 e. The van der Waals surface area contributed by atoms with Crippen molar-refractivity contribution in [2.24, 2.45) is 4.99 Å². The van der Waals surface area contributed by atoms with Gasteiger partial charge in [0.25, 0.3) is 5.91 Å². The summed E-state index contributed by atoms with van der Waals surface area (Å²) in [4.78, 5) is 38.6. The van der Waals surface area contributed by atoms with Crippen molar-refractivity contribution < 1.29 is 23.6 Å². The number of amides is 3. The maximum atomic E-state index is 13.5. The maximum absolute atomic E-state index is 13.5. The van der Waals surface area contributed by atoms with Crippen LogP contribution in [0.1, 0.15) is 13.3 Å². The largest absolute Gasteiger partial charge is 0.494 e. The van der Waals surface area contributed by atoms with Crippen molar-refractivity contribution in [3.63, 3.8) is 0 Å². The van der Waals surface area contributed by atoms with Gasteiger partial charge < -0.3 is 9.47 Å². The van der Waals surface area contributed by atoms with E-state index >= 15 is 0 Å². The number of aliphatic imine (C=N–C) groups is 1. The number of imide groups is 1. The molecular weight excluding hydrogens is 424 g/mol. The minimum atomic E-state index is -0.558. The van der Waals surface area contributed by atoms with Crippen LogP contribution in [0.25, 0.3) is 0 Å². The molecule has 176 valence electrons. The van der Waals surface area contributed by atoms with Crippen molar-refractivity contribution in [3.05, 3.63) is 24.3 Å². The predicted octanol–water partition coefficient (Wildman–Crippen LogP) is 0.671. The number of hydrogen-bond acceptors (Lipinski definition) is 7. The van der Waals surface area contributed by atoms with Gasteiger partial charge >= 0.3 is 12.0 Å². The number of nitrogens with zero attached hydrogens (tertiary/aromatic N) is 6. The van der Waals surface area contributed by atoms with Crippen LogP contribution in [0, 0.1) is 0 Å². The van der Waals surface area contributed by atoms with Crippen LogP contribution < -0.4 is 9.64 Å². The van der Waals surface area contributed by atoms with Gasteiger partial charge in [0.1, 0.15) is 11.4 Å². The van der Waals surface area contributed by atoms with Crippen molar-refractivity contribution in [2.45, 2.75) is 19.4 Å². The molecule has 2 saturated heterocycles. The Hall–Kier alpha value is -2.98. The summed E-state index contributed by atoms with van der Waals surface area (Å²) in [5.74, 6) is 1.88. The summed E-state index contributed by atoms with van der Waals surface area (Å²) in [6.45, 7) is 8.16. The lowest BCUT2D eigenvalue weighted by atomic mass is 10.1. The van der Waals surface area contributed by atoms with Gasteiger partial charge in [-0.25, -0.2) is 14.3 Å². The highest BCUT2D eigenvalue weighted by atomic mass is 16.5. The number of amidine groups is 1. The topological polar surface area (TPSA) is 80.9 Å². The first-order valence-corrected chi connectivity index (χ1v) is 11.7. The summed E-state index contributed by atoms with van der Waals surface area (Å²) in [7, 11) is 1.71. The second-order valence-electron chi connectivity index (χ2n) is 8.58. The van der Waals surface area contributed by atoms with Crippen molar-refractivity contribution in [3.8, 4) is 5.75 Å². The lowest BCUT2D eigenvalue weighted by Crippen LogP contribution is -2.64. The quantitative estimate of drug-likeness (QED) is 0.587. The van der Waals surface area contributed by atoms with E-state index < -0.39 is 6.04 Å². The van der Waals surface area contributed by atoms with E-state index in [1.165, 1.54) is 9.80 Å². The van der Waals surface area contributed by atoms with Crippen LogP contribution >= 0.6 is 0 Å². The van der Waals surface area contributed by atoms with E-state index in [-0.39, 0.29) is 11.9 Å². The number of hydrogen-bond donors (Lipinski definition) is 0. The molecule has 0 radical (unpaired) electrons. The van der Waals surface area contributed by atoms with Crippen molar-refractivity contribution >= 4 is 29.4 Å². The Bertz CT molecular complexity index is 985. The summed E-state index contributed by atoms with van der Waals surface area (Å²) >= 11 is 0. The Labute approximate surface area is 193 Å². The van der Waals surface area contributed by atoms with Crippen LogP contribution in [-0.2, 0) is 9.53 Å². The Balaban J connectivity index is 1.38. The number of anilines is 1. The van der Waals surface area contributed by atoms with Gasteiger partial charge in [-0.2, -0.15) is 0 Å². The molecule has 3 amide bonds. The zero-order valence-electron chi connectivity index (χ0n) is 19.3. The normalized spacial score (nSPS) is 23.6. The van der Waals surface area contributed by atoms with Gasteiger partial charge in [0.2, 0.25) is 11.9 Å². The third-order valence-corrected chi connectivity index (χ3v) is 6.61. The van der Waals surface area contributed by atoms with E-state index in [4.69, 9.17) is 14.5 Å². The SMILES string of the molecule is CCOc1ccc(N2CCC[N+]3=C2N=C2C3C(=O)N(CCN3CCOCC3)C(=O)N2C)cc1. The number of guanidine groups is 1. The van der Waals surface area contributed by atoms with E-state index in [0.29, 0.717) is 38.7 Å². The summed E-state index contributed by atoms with van der Waals surface area (Å²) < 4.78 is 13.0. The van der Waals surface area contributed by atoms with Crippen LogP contribution in [0.3, 0.4) is 0 Å². The molecule has 0 N–H and O–H groups in total. The molecule has 4 aliphatic heterocycles. The summed E-state index contributed by atoms with van der Waals surface area (Å²) in [6.07, 6.45) is 0.898. The zero-order chi connectivity index (χ0) is 22.9. The van der Waals surface area contributed by atoms with E-state index in [0.717, 1.165) is 50.0 Å². The van der Waals surface area contributed by atoms with Gasteiger partial charge in [0, 0.05) is 39.6 Å². The van der Waals surface area contributed by atoms with Gasteiger partial charge in [-0.3, -0.25) is 19.5 Å². The first-order valence-electron chi connectivity index (χ1n) is 11.7. The second kappa shape index (κ2) is 9.11. The van der Waals surface area contributed by atoms with Crippen molar-refractivity contribution in [1.82, 2.24) is 14.7 Å². The molecule has 1 aromatic rings. The molecule has 0 saturated carbocycles. The number of ether oxygens (including phenoxy) is 2. The molecule has 2 fully saturated rings. The standard InChI is InChI=1S/C23H31N6O4/c1-3-33-18-7-5-17(6-8-18)27-9-4-10-28-19-20(24-22(27)28)25(2)23(31)29(21(19)30)12-11-26-13-15-32-16-14-26/h5-8,19H,3-4,9-16H2,1-2H3/q+1. The molecule has 33 heavy (non-hydrogen) atoms. The second-order valence-corrected chi connectivity index (χ2v) is 8.58. The van der Waals surface area contributed by atoms with Crippen LogP contribution in [0.2, 0.25) is 0 Å². The number of urea groups is 1. The third kappa shape index (κ3) is 3.97. The highest BCUT2D eigenvalue weighted by Gasteiger charge is 2.54. The van der Waals surface area contributed by atoms with Crippen LogP contribution in [-0.4, -0.2) is 115 Å². The predicted molar refractivity (Wildman–Crippen MR) is 123 cm³/mol. The maximum Gasteiger partial charge on any atom is 0.397 e. The molecule has 4 aliphatic rings. The summed E-state index contributed by atoms with van der Waals surface area (Å²) in [5.41, 5.74) is 0.992. The monoisotopic (exact) mass is 455 g/mol. The first kappa shape index (κ1) is 21.8. The van der Waals surface area contributed by atoms with E-state index in [1.54, 1.807) is 7.05 Å². The summed E-state index contributed by atoms with van der Waals surface area (Å²) in [5, 5.41) is 0. The molecule has 1 unspecified atom stereocenters. The number of likely N-dealkylation sites (N-methyl/N-ethyl adjacent to an activating group) is 1. The van der Waals surface area contributed by atoms with Gasteiger partial charge in [0.05, 0.1) is 32.9 Å². The van der Waals surface area contributed by atoms with Gasteiger partial charge in [0.15, 0.2) is 0 Å². The number of benzene rings is 1. The molecule has 4 heterocycles. The van der Waals surface area contributed by atoms with Gasteiger partial charge in [-0.15, -0.1) is 0 Å². The molecule has 0 bridgehead atoms. The summed E-state index contributed by atoms with van der Waals surface area (Å²) in [6, 6.07) is 7.04. The number of rotatable bonds is 6. The van der Waals surface area contributed by atoms with Crippen LogP contribution in [0.5, 0.6) is 5.75 Å². The Morgan fingerprint density at radius 1 is 1.12 bits per heavy atom.